The summed E-state index contributed by atoms with van der Waals surface area (Å²) in [4.78, 5) is 0. The molecule has 0 aromatic heterocycles. The van der Waals surface area contributed by atoms with Crippen LogP contribution in [0.4, 0.5) is 0 Å². The predicted molar refractivity (Wildman–Crippen MR) is 75.1 cm³/mol. The molecular weight excluding hydrogens is 252 g/mol. The smallest absolute Gasteiger partial charge is 0.120 e. The Bertz CT molecular complexity index is 583. The minimum Gasteiger partial charge on any atom is -0.493 e. The van der Waals surface area contributed by atoms with Crippen LogP contribution in [0, 0.1) is 16.7 Å². The summed E-state index contributed by atoms with van der Waals surface area (Å²) in [6, 6.07) is 8.23. The van der Waals surface area contributed by atoms with Gasteiger partial charge in [0, 0.05) is 17.4 Å². The van der Waals surface area contributed by atoms with Crippen LogP contribution in [0.15, 0.2) is 23.4 Å². The third-order valence-electron chi connectivity index (χ3n) is 4.33. The van der Waals surface area contributed by atoms with Gasteiger partial charge in [0.05, 0.1) is 18.4 Å². The number of hydrogen-bond donors (Lipinski definition) is 1. The lowest BCUT2D eigenvalue weighted by molar-refractivity contribution is 0.236. The van der Waals surface area contributed by atoms with E-state index in [4.69, 9.17) is 15.2 Å². The summed E-state index contributed by atoms with van der Waals surface area (Å²) in [6.45, 7) is 0.602. The van der Waals surface area contributed by atoms with E-state index in [0.29, 0.717) is 13.0 Å². The molecule has 0 heterocycles. The van der Waals surface area contributed by atoms with Gasteiger partial charge in [0.1, 0.15) is 5.75 Å². The Morgan fingerprint density at radius 2 is 2.20 bits per heavy atom. The summed E-state index contributed by atoms with van der Waals surface area (Å²) in [7, 11) is 0. The summed E-state index contributed by atoms with van der Waals surface area (Å²) < 4.78 is 5.86. The Morgan fingerprint density at radius 1 is 1.35 bits per heavy atom. The fourth-order valence-corrected chi connectivity index (χ4v) is 2.77. The van der Waals surface area contributed by atoms with Crippen LogP contribution in [0.1, 0.15) is 43.2 Å². The summed E-state index contributed by atoms with van der Waals surface area (Å²) in [5.41, 5.74) is 3.05. The quantitative estimate of drug-likeness (QED) is 0.674. The summed E-state index contributed by atoms with van der Waals surface area (Å²) in [5.74, 6) is 0.802. The molecule has 2 aliphatic rings. The molecular formula is C16H18N2O2. The maximum absolute atomic E-state index is 9.08. The van der Waals surface area contributed by atoms with E-state index >= 15 is 0 Å². The van der Waals surface area contributed by atoms with E-state index in [0.717, 1.165) is 49.1 Å². The van der Waals surface area contributed by atoms with Crippen molar-refractivity contribution >= 4 is 5.71 Å². The number of nitrogens with zero attached hydrogens (tertiary/aromatic N) is 2. The molecule has 104 valence electrons. The van der Waals surface area contributed by atoms with Crippen LogP contribution >= 0.6 is 0 Å². The average Bonchev–Trinajstić information content (AvgIpc) is 3.25. The highest BCUT2D eigenvalue weighted by Gasteiger charge is 2.43. The Hall–Kier alpha value is -2.02. The second kappa shape index (κ2) is 5.16. The monoisotopic (exact) mass is 270 g/mol. The van der Waals surface area contributed by atoms with Crippen molar-refractivity contribution in [1.29, 1.82) is 5.26 Å². The molecule has 1 aromatic rings. The zero-order chi connectivity index (χ0) is 14.0. The van der Waals surface area contributed by atoms with E-state index < -0.39 is 0 Å². The van der Waals surface area contributed by atoms with Gasteiger partial charge >= 0.3 is 0 Å². The Morgan fingerprint density at radius 3 is 2.90 bits per heavy atom. The first-order chi connectivity index (χ1) is 9.76. The molecule has 0 saturated heterocycles. The van der Waals surface area contributed by atoms with Crippen molar-refractivity contribution in [3.05, 3.63) is 29.3 Å². The summed E-state index contributed by atoms with van der Waals surface area (Å²) in [6.07, 6.45) is 5.58. The van der Waals surface area contributed by atoms with E-state index in [1.54, 1.807) is 0 Å². The molecule has 1 aromatic carbocycles. The van der Waals surface area contributed by atoms with E-state index in [1.165, 1.54) is 5.56 Å². The average molecular weight is 270 g/mol. The van der Waals surface area contributed by atoms with Gasteiger partial charge in [-0.05, 0) is 49.8 Å². The van der Waals surface area contributed by atoms with Crippen molar-refractivity contribution in [3.63, 3.8) is 0 Å². The molecule has 2 aliphatic carbocycles. The lowest BCUT2D eigenvalue weighted by atomic mass is 9.90. The number of oxime groups is 1. The van der Waals surface area contributed by atoms with Crippen molar-refractivity contribution in [3.8, 4) is 11.8 Å². The molecule has 1 N–H and O–H groups in total. The van der Waals surface area contributed by atoms with Crippen molar-refractivity contribution in [2.24, 2.45) is 10.6 Å². The molecule has 1 saturated carbocycles. The Labute approximate surface area is 118 Å². The maximum Gasteiger partial charge on any atom is 0.120 e. The number of benzene rings is 1. The highest BCUT2D eigenvalue weighted by Crippen LogP contribution is 2.48. The third-order valence-corrected chi connectivity index (χ3v) is 4.33. The number of ether oxygens (including phenoxy) is 1. The maximum atomic E-state index is 9.08. The standard InChI is InChI=1S/C16H18N2O2/c17-9-8-16(6-7-16)11-20-13-5-4-12-2-1-3-15(18-19)14(12)10-13/h4-5,10,19H,1-3,6-8,11H2/b18-15-. The topological polar surface area (TPSA) is 65.6 Å². The van der Waals surface area contributed by atoms with Gasteiger partial charge in [-0.1, -0.05) is 11.2 Å². The zero-order valence-electron chi connectivity index (χ0n) is 11.4. The molecule has 0 unspecified atom stereocenters. The molecule has 4 nitrogen and oxygen atoms in total. The van der Waals surface area contributed by atoms with Crippen molar-refractivity contribution in [2.45, 2.75) is 38.5 Å². The van der Waals surface area contributed by atoms with Crippen LogP contribution in [0.2, 0.25) is 0 Å². The minimum absolute atomic E-state index is 0.0819. The normalized spacial score (nSPS) is 21.1. The van der Waals surface area contributed by atoms with Gasteiger partial charge in [-0.3, -0.25) is 0 Å². The number of hydrogen-bond acceptors (Lipinski definition) is 4. The first-order valence-corrected chi connectivity index (χ1v) is 7.10. The molecule has 1 fully saturated rings. The first kappa shape index (κ1) is 13.0. The molecule has 0 aliphatic heterocycles. The predicted octanol–water partition coefficient (Wildman–Crippen LogP) is 3.27. The number of fused-ring (bicyclic) bond motifs is 1. The molecule has 4 heteroatoms. The zero-order valence-corrected chi connectivity index (χ0v) is 11.4. The highest BCUT2D eigenvalue weighted by atomic mass is 16.5. The minimum atomic E-state index is 0.0819. The highest BCUT2D eigenvalue weighted by molar-refractivity contribution is 6.02. The SMILES string of the molecule is N#CCC1(COc2ccc3c(c2)/C(=N\O)CCC3)CC1. The van der Waals surface area contributed by atoms with Crippen LogP contribution in [0.5, 0.6) is 5.75 Å². The number of nitriles is 1. The fourth-order valence-electron chi connectivity index (χ4n) is 2.77. The largest absolute Gasteiger partial charge is 0.493 e. The molecule has 0 radical (unpaired) electrons. The van der Waals surface area contributed by atoms with E-state index in [9.17, 15) is 0 Å². The van der Waals surface area contributed by atoms with Crippen LogP contribution in [0.3, 0.4) is 0 Å². The van der Waals surface area contributed by atoms with Gasteiger partial charge < -0.3 is 9.94 Å². The third kappa shape index (κ3) is 2.49. The molecule has 0 atom stereocenters. The number of rotatable bonds is 4. The van der Waals surface area contributed by atoms with Crippen molar-refractivity contribution in [2.75, 3.05) is 6.61 Å². The van der Waals surface area contributed by atoms with Crippen molar-refractivity contribution in [1.82, 2.24) is 0 Å². The number of aryl methyl sites for hydroxylation is 1. The summed E-state index contributed by atoms with van der Waals surface area (Å²) >= 11 is 0. The second-order valence-electron chi connectivity index (χ2n) is 5.84. The molecule has 3 rings (SSSR count). The molecule has 20 heavy (non-hydrogen) atoms. The molecule has 0 spiro atoms. The lowest BCUT2D eigenvalue weighted by Crippen LogP contribution is -2.15. The van der Waals surface area contributed by atoms with Gasteiger partial charge in [0.15, 0.2) is 0 Å². The molecule has 0 amide bonds. The van der Waals surface area contributed by atoms with Gasteiger partial charge in [0.2, 0.25) is 0 Å². The van der Waals surface area contributed by atoms with Crippen molar-refractivity contribution < 1.29 is 9.94 Å². The van der Waals surface area contributed by atoms with E-state index in [-0.39, 0.29) is 5.41 Å². The van der Waals surface area contributed by atoms with Gasteiger partial charge in [0.25, 0.3) is 0 Å². The Balaban J connectivity index is 1.74. The second-order valence-corrected chi connectivity index (χ2v) is 5.84. The van der Waals surface area contributed by atoms with E-state index in [1.807, 2.05) is 12.1 Å². The van der Waals surface area contributed by atoms with Crippen LogP contribution < -0.4 is 4.74 Å². The van der Waals surface area contributed by atoms with Crippen LogP contribution in [-0.4, -0.2) is 17.5 Å². The van der Waals surface area contributed by atoms with Crippen LogP contribution in [-0.2, 0) is 6.42 Å². The lowest BCUT2D eigenvalue weighted by Gasteiger charge is -2.19. The fraction of sp³-hybridized carbons (Fsp3) is 0.500. The van der Waals surface area contributed by atoms with Gasteiger partial charge in [-0.2, -0.15) is 5.26 Å². The van der Waals surface area contributed by atoms with E-state index in [2.05, 4.69) is 17.3 Å². The summed E-state index contributed by atoms with van der Waals surface area (Å²) in [5, 5.41) is 21.3. The first-order valence-electron chi connectivity index (χ1n) is 7.10. The Kier molecular flexibility index (Phi) is 3.35. The van der Waals surface area contributed by atoms with Gasteiger partial charge in [-0.15, -0.1) is 0 Å². The molecule has 0 bridgehead atoms. The van der Waals surface area contributed by atoms with Crippen LogP contribution in [0.25, 0.3) is 0 Å². The van der Waals surface area contributed by atoms with Gasteiger partial charge in [-0.25, -0.2) is 0 Å².